The Morgan fingerprint density at radius 1 is 1.06 bits per heavy atom. The van der Waals surface area contributed by atoms with Crippen molar-refractivity contribution in [2.45, 2.75) is 24.8 Å². The molecule has 0 radical (unpaired) electrons. The highest BCUT2D eigenvalue weighted by atomic mass is 35.5. The normalized spacial score (nSPS) is 17.0. The van der Waals surface area contributed by atoms with Gasteiger partial charge >= 0.3 is 12.4 Å². The Morgan fingerprint density at radius 3 is 2.25 bits per heavy atom. The van der Waals surface area contributed by atoms with E-state index in [1.54, 1.807) is 12.1 Å². The molecule has 1 atom stereocenters. The molecule has 2 aromatic rings. The van der Waals surface area contributed by atoms with Gasteiger partial charge < -0.3 is 15.0 Å². The second-order valence-corrected chi connectivity index (χ2v) is 7.25. The standard InChI is InChI=1S/C21H20F6N2O2.ClH/c1-31-18-4-2-3-13(8-18)7-17-12-29(6-5-28-17)19(30)14-9-15(20(22,23)24)11-16(10-14)21(25,26)27;/h2-4,8-11,17,28H,5-7,12H2,1H3;1H. The van der Waals surface area contributed by atoms with Gasteiger partial charge in [0.1, 0.15) is 5.75 Å². The van der Waals surface area contributed by atoms with Gasteiger partial charge in [-0.15, -0.1) is 12.4 Å². The molecule has 1 amide bonds. The molecule has 0 spiro atoms. The summed E-state index contributed by atoms with van der Waals surface area (Å²) >= 11 is 0. The third-order valence-electron chi connectivity index (χ3n) is 4.99. The van der Waals surface area contributed by atoms with Gasteiger partial charge in [-0.2, -0.15) is 26.3 Å². The molecule has 1 aliphatic heterocycles. The molecule has 0 aliphatic carbocycles. The van der Waals surface area contributed by atoms with Crippen molar-refractivity contribution in [3.05, 3.63) is 64.7 Å². The Kier molecular flexibility index (Phi) is 8.06. The van der Waals surface area contributed by atoms with Crippen molar-refractivity contribution in [3.63, 3.8) is 0 Å². The molecule has 1 saturated heterocycles. The second-order valence-electron chi connectivity index (χ2n) is 7.25. The summed E-state index contributed by atoms with van der Waals surface area (Å²) in [7, 11) is 1.53. The topological polar surface area (TPSA) is 41.6 Å². The number of carbonyl (C=O) groups is 1. The Morgan fingerprint density at radius 2 is 1.69 bits per heavy atom. The van der Waals surface area contributed by atoms with E-state index in [0.29, 0.717) is 30.8 Å². The predicted octanol–water partition coefficient (Wildman–Crippen LogP) is 4.81. The fraction of sp³-hybridized carbons (Fsp3) is 0.381. The maximum absolute atomic E-state index is 13.1. The van der Waals surface area contributed by atoms with Crippen molar-refractivity contribution in [2.24, 2.45) is 0 Å². The molecule has 4 nitrogen and oxygen atoms in total. The molecule has 11 heteroatoms. The molecule has 176 valence electrons. The Labute approximate surface area is 186 Å². The van der Waals surface area contributed by atoms with Gasteiger partial charge in [0.15, 0.2) is 0 Å². The number of ether oxygens (including phenoxy) is 1. The number of hydrogen-bond acceptors (Lipinski definition) is 3. The van der Waals surface area contributed by atoms with Crippen molar-refractivity contribution in [2.75, 3.05) is 26.7 Å². The summed E-state index contributed by atoms with van der Waals surface area (Å²) in [6.07, 6.45) is -9.50. The summed E-state index contributed by atoms with van der Waals surface area (Å²) in [5.41, 5.74) is -2.73. The lowest BCUT2D eigenvalue weighted by Crippen LogP contribution is -2.53. The van der Waals surface area contributed by atoms with Crippen LogP contribution >= 0.6 is 12.4 Å². The molecule has 32 heavy (non-hydrogen) atoms. The van der Waals surface area contributed by atoms with Gasteiger partial charge in [-0.25, -0.2) is 0 Å². The van der Waals surface area contributed by atoms with Crippen LogP contribution in [0.25, 0.3) is 0 Å². The smallest absolute Gasteiger partial charge is 0.416 e. The number of piperazine rings is 1. The van der Waals surface area contributed by atoms with Crippen molar-refractivity contribution in [1.29, 1.82) is 0 Å². The van der Waals surface area contributed by atoms with Crippen molar-refractivity contribution in [3.8, 4) is 5.75 Å². The minimum absolute atomic E-state index is 0. The summed E-state index contributed by atoms with van der Waals surface area (Å²) in [5.74, 6) is -0.210. The summed E-state index contributed by atoms with van der Waals surface area (Å²) in [6.45, 7) is 0.685. The first-order valence-corrected chi connectivity index (χ1v) is 9.42. The molecule has 1 unspecified atom stereocenters. The van der Waals surface area contributed by atoms with Crippen LogP contribution in [-0.4, -0.2) is 43.6 Å². The van der Waals surface area contributed by atoms with Crippen LogP contribution in [0.15, 0.2) is 42.5 Å². The van der Waals surface area contributed by atoms with E-state index in [9.17, 15) is 31.1 Å². The van der Waals surface area contributed by atoms with E-state index in [2.05, 4.69) is 5.32 Å². The zero-order chi connectivity index (χ0) is 22.8. The lowest BCUT2D eigenvalue weighted by molar-refractivity contribution is -0.143. The van der Waals surface area contributed by atoms with E-state index in [1.807, 2.05) is 12.1 Å². The quantitative estimate of drug-likeness (QED) is 0.636. The highest BCUT2D eigenvalue weighted by Gasteiger charge is 2.38. The van der Waals surface area contributed by atoms with Crippen LogP contribution in [0, 0.1) is 0 Å². The largest absolute Gasteiger partial charge is 0.497 e. The first kappa shape index (κ1) is 25.8. The average Bonchev–Trinajstić information content (AvgIpc) is 2.72. The van der Waals surface area contributed by atoms with Crippen LogP contribution in [0.5, 0.6) is 5.75 Å². The van der Waals surface area contributed by atoms with Gasteiger partial charge in [-0.1, -0.05) is 12.1 Å². The van der Waals surface area contributed by atoms with Gasteiger partial charge in [0.05, 0.1) is 18.2 Å². The molecule has 3 rings (SSSR count). The zero-order valence-corrected chi connectivity index (χ0v) is 17.7. The van der Waals surface area contributed by atoms with Gasteiger partial charge in [0.2, 0.25) is 0 Å². The monoisotopic (exact) mass is 482 g/mol. The number of halogens is 7. The first-order valence-electron chi connectivity index (χ1n) is 9.42. The summed E-state index contributed by atoms with van der Waals surface area (Å²) in [5, 5.41) is 3.22. The van der Waals surface area contributed by atoms with E-state index in [1.165, 1.54) is 12.0 Å². The molecule has 0 aromatic heterocycles. The van der Waals surface area contributed by atoms with E-state index in [0.717, 1.165) is 5.56 Å². The number of alkyl halides is 6. The van der Waals surface area contributed by atoms with Crippen LogP contribution in [0.1, 0.15) is 27.0 Å². The number of nitrogens with one attached hydrogen (secondary N) is 1. The van der Waals surface area contributed by atoms with Crippen LogP contribution in [0.2, 0.25) is 0 Å². The van der Waals surface area contributed by atoms with Gasteiger partial charge in [0.25, 0.3) is 5.91 Å². The number of nitrogens with zero attached hydrogens (tertiary/aromatic N) is 1. The summed E-state index contributed by atoms with van der Waals surface area (Å²) in [4.78, 5) is 14.1. The Balaban J connectivity index is 0.00000363. The lowest BCUT2D eigenvalue weighted by Gasteiger charge is -2.34. The number of benzene rings is 2. The summed E-state index contributed by atoms with van der Waals surface area (Å²) < 4.78 is 83.7. The molecule has 0 bridgehead atoms. The molecule has 1 aliphatic rings. The van der Waals surface area contributed by atoms with Crippen molar-refractivity contribution in [1.82, 2.24) is 10.2 Å². The minimum Gasteiger partial charge on any atom is -0.497 e. The lowest BCUT2D eigenvalue weighted by atomic mass is 10.0. The van der Waals surface area contributed by atoms with Crippen LogP contribution in [0.3, 0.4) is 0 Å². The average molecular weight is 483 g/mol. The number of rotatable bonds is 4. The van der Waals surface area contributed by atoms with E-state index < -0.39 is 35.0 Å². The first-order chi connectivity index (χ1) is 14.5. The second kappa shape index (κ2) is 9.99. The molecule has 2 aromatic carbocycles. The van der Waals surface area contributed by atoms with Gasteiger partial charge in [0, 0.05) is 31.2 Å². The molecule has 1 fully saturated rings. The minimum atomic E-state index is -5.01. The predicted molar refractivity (Wildman–Crippen MR) is 108 cm³/mol. The van der Waals surface area contributed by atoms with Crippen LogP contribution < -0.4 is 10.1 Å². The van der Waals surface area contributed by atoms with E-state index in [4.69, 9.17) is 4.74 Å². The van der Waals surface area contributed by atoms with Crippen molar-refractivity contribution >= 4 is 18.3 Å². The third kappa shape index (κ3) is 6.29. The number of carbonyl (C=O) groups excluding carboxylic acids is 1. The van der Waals surface area contributed by atoms with Gasteiger partial charge in [-0.3, -0.25) is 4.79 Å². The fourth-order valence-electron chi connectivity index (χ4n) is 3.49. The highest BCUT2D eigenvalue weighted by Crippen LogP contribution is 2.36. The zero-order valence-electron chi connectivity index (χ0n) is 16.9. The van der Waals surface area contributed by atoms with Gasteiger partial charge in [-0.05, 0) is 42.3 Å². The fourth-order valence-corrected chi connectivity index (χ4v) is 3.49. The Hall–Kier alpha value is -2.46. The maximum Gasteiger partial charge on any atom is 0.416 e. The van der Waals surface area contributed by atoms with Crippen molar-refractivity contribution < 1.29 is 35.9 Å². The molecule has 1 N–H and O–H groups in total. The number of hydrogen-bond donors (Lipinski definition) is 1. The van der Waals surface area contributed by atoms with E-state index in [-0.39, 0.29) is 37.6 Å². The van der Waals surface area contributed by atoms with Crippen LogP contribution in [-0.2, 0) is 18.8 Å². The Bertz CT molecular complexity index is 916. The maximum atomic E-state index is 13.1. The molecular weight excluding hydrogens is 462 g/mol. The molecule has 0 saturated carbocycles. The van der Waals surface area contributed by atoms with Crippen LogP contribution in [0.4, 0.5) is 26.3 Å². The third-order valence-corrected chi connectivity index (χ3v) is 4.99. The number of amides is 1. The highest BCUT2D eigenvalue weighted by molar-refractivity contribution is 5.94. The van der Waals surface area contributed by atoms with E-state index >= 15 is 0 Å². The number of methoxy groups -OCH3 is 1. The summed E-state index contributed by atoms with van der Waals surface area (Å²) in [6, 6.07) is 8.02. The molecular formula is C21H21ClF6N2O2. The SMILES string of the molecule is COc1cccc(CC2CN(C(=O)c3cc(C(F)(F)F)cc(C(F)(F)F)c3)CCN2)c1.Cl. The molecule has 1 heterocycles.